The molecule has 0 saturated heterocycles. The van der Waals surface area contributed by atoms with Gasteiger partial charge in [0, 0.05) is 0 Å². The van der Waals surface area contributed by atoms with Crippen LogP contribution in [0.1, 0.15) is 64.2 Å². The number of hydrogen-bond acceptors (Lipinski definition) is 0. The molecule has 0 aromatic carbocycles. The van der Waals surface area contributed by atoms with Gasteiger partial charge in [0.15, 0.2) is 0 Å². The predicted molar refractivity (Wildman–Crippen MR) is 62.3 cm³/mol. The van der Waals surface area contributed by atoms with Gasteiger partial charge in [0.1, 0.15) is 0 Å². The standard InChI is InChI=1S/C14H24/c1-2-5-9-13(10-6-3-1)14-11-7-4-8-12-14/h5,9,13-14H,1-4,6-8,10-12H2/b9-5-. The molecule has 1 unspecified atom stereocenters. The summed E-state index contributed by atoms with van der Waals surface area (Å²) in [6.07, 6.45) is 19.7. The molecule has 0 amide bonds. The van der Waals surface area contributed by atoms with Gasteiger partial charge in [-0.3, -0.25) is 0 Å². The smallest absolute Gasteiger partial charge is 0.0205 e. The Labute approximate surface area is 88.8 Å². The Morgan fingerprint density at radius 3 is 2.29 bits per heavy atom. The first-order valence-electron chi connectivity index (χ1n) is 6.63. The third-order valence-corrected chi connectivity index (χ3v) is 4.05. The second kappa shape index (κ2) is 5.58. The summed E-state index contributed by atoms with van der Waals surface area (Å²) in [6.45, 7) is 0. The van der Waals surface area contributed by atoms with Crippen LogP contribution < -0.4 is 0 Å². The van der Waals surface area contributed by atoms with Gasteiger partial charge in [-0.15, -0.1) is 0 Å². The second-order valence-electron chi connectivity index (χ2n) is 5.13. The van der Waals surface area contributed by atoms with Crippen molar-refractivity contribution in [2.75, 3.05) is 0 Å². The van der Waals surface area contributed by atoms with Crippen molar-refractivity contribution < 1.29 is 0 Å². The first-order chi connectivity index (χ1) is 6.97. The Hall–Kier alpha value is -0.260. The molecule has 2 aliphatic carbocycles. The van der Waals surface area contributed by atoms with E-state index in [1.165, 1.54) is 64.2 Å². The van der Waals surface area contributed by atoms with E-state index in [1.54, 1.807) is 0 Å². The van der Waals surface area contributed by atoms with Crippen molar-refractivity contribution in [2.45, 2.75) is 64.2 Å². The van der Waals surface area contributed by atoms with Crippen LogP contribution in [0.2, 0.25) is 0 Å². The van der Waals surface area contributed by atoms with E-state index in [1.807, 2.05) is 0 Å². The van der Waals surface area contributed by atoms with Crippen LogP contribution in [0, 0.1) is 11.8 Å². The first-order valence-corrected chi connectivity index (χ1v) is 6.63. The predicted octanol–water partition coefficient (Wildman–Crippen LogP) is 4.70. The first kappa shape index (κ1) is 10.3. The van der Waals surface area contributed by atoms with E-state index in [9.17, 15) is 0 Å². The molecule has 0 spiro atoms. The van der Waals surface area contributed by atoms with Gasteiger partial charge >= 0.3 is 0 Å². The van der Waals surface area contributed by atoms with Crippen LogP contribution in [0.4, 0.5) is 0 Å². The molecule has 0 bridgehead atoms. The highest BCUT2D eigenvalue weighted by Crippen LogP contribution is 2.34. The zero-order valence-corrected chi connectivity index (χ0v) is 9.38. The van der Waals surface area contributed by atoms with Gasteiger partial charge in [-0.1, -0.05) is 44.3 Å². The molecule has 1 saturated carbocycles. The average molecular weight is 192 g/mol. The number of rotatable bonds is 1. The van der Waals surface area contributed by atoms with Crippen LogP contribution in [-0.2, 0) is 0 Å². The molecule has 1 fully saturated rings. The molecule has 0 radical (unpaired) electrons. The minimum Gasteiger partial charge on any atom is -0.0882 e. The highest BCUT2D eigenvalue weighted by Gasteiger charge is 2.21. The Kier molecular flexibility index (Phi) is 4.09. The molecule has 2 rings (SSSR count). The molecular formula is C14H24. The van der Waals surface area contributed by atoms with Crippen molar-refractivity contribution in [1.82, 2.24) is 0 Å². The van der Waals surface area contributed by atoms with E-state index >= 15 is 0 Å². The summed E-state index contributed by atoms with van der Waals surface area (Å²) in [4.78, 5) is 0. The normalized spacial score (nSPS) is 33.3. The molecular weight excluding hydrogens is 168 g/mol. The van der Waals surface area contributed by atoms with E-state index in [0.717, 1.165) is 11.8 Å². The third kappa shape index (κ3) is 2.87. The maximum absolute atomic E-state index is 2.55. The molecule has 0 aliphatic heterocycles. The van der Waals surface area contributed by atoms with Crippen molar-refractivity contribution in [3.8, 4) is 0 Å². The Morgan fingerprint density at radius 1 is 0.714 bits per heavy atom. The van der Waals surface area contributed by atoms with Crippen LogP contribution in [0.5, 0.6) is 0 Å². The van der Waals surface area contributed by atoms with Crippen molar-refractivity contribution in [2.24, 2.45) is 11.8 Å². The lowest BCUT2D eigenvalue weighted by Crippen LogP contribution is -2.16. The molecule has 1 atom stereocenters. The van der Waals surface area contributed by atoms with Crippen molar-refractivity contribution in [1.29, 1.82) is 0 Å². The van der Waals surface area contributed by atoms with Crippen LogP contribution in [0.3, 0.4) is 0 Å². The van der Waals surface area contributed by atoms with Crippen LogP contribution in [0.25, 0.3) is 0 Å². The molecule has 0 N–H and O–H groups in total. The summed E-state index contributed by atoms with van der Waals surface area (Å²) >= 11 is 0. The SMILES string of the molecule is C1=C\C(C2CCCCC2)CCCCC/1. The molecule has 2 aliphatic rings. The Balaban J connectivity index is 1.88. The molecule has 0 nitrogen and oxygen atoms in total. The Morgan fingerprint density at radius 2 is 1.43 bits per heavy atom. The topological polar surface area (TPSA) is 0 Å². The lowest BCUT2D eigenvalue weighted by Gasteiger charge is -2.29. The summed E-state index contributed by atoms with van der Waals surface area (Å²) in [7, 11) is 0. The largest absolute Gasteiger partial charge is 0.0882 e. The second-order valence-corrected chi connectivity index (χ2v) is 5.13. The van der Waals surface area contributed by atoms with Gasteiger partial charge < -0.3 is 0 Å². The van der Waals surface area contributed by atoms with Gasteiger partial charge in [0.2, 0.25) is 0 Å². The fourth-order valence-electron chi connectivity index (χ4n) is 3.14. The van der Waals surface area contributed by atoms with Gasteiger partial charge in [-0.05, 0) is 43.9 Å². The van der Waals surface area contributed by atoms with E-state index in [-0.39, 0.29) is 0 Å². The van der Waals surface area contributed by atoms with E-state index in [2.05, 4.69) is 12.2 Å². The summed E-state index contributed by atoms with van der Waals surface area (Å²) in [5.74, 6) is 1.98. The van der Waals surface area contributed by atoms with Crippen molar-refractivity contribution in [3.05, 3.63) is 12.2 Å². The summed E-state index contributed by atoms with van der Waals surface area (Å²) in [6, 6.07) is 0. The summed E-state index contributed by atoms with van der Waals surface area (Å²) < 4.78 is 0. The number of hydrogen-bond donors (Lipinski definition) is 0. The minimum absolute atomic E-state index is 0.940. The molecule has 0 heteroatoms. The van der Waals surface area contributed by atoms with Gasteiger partial charge in [-0.25, -0.2) is 0 Å². The lowest BCUT2D eigenvalue weighted by molar-refractivity contribution is 0.268. The van der Waals surface area contributed by atoms with E-state index < -0.39 is 0 Å². The van der Waals surface area contributed by atoms with Crippen LogP contribution >= 0.6 is 0 Å². The zero-order chi connectivity index (χ0) is 9.64. The molecule has 0 aromatic heterocycles. The van der Waals surface area contributed by atoms with Gasteiger partial charge in [0.05, 0.1) is 0 Å². The average Bonchev–Trinajstić information content (AvgIpc) is 2.18. The highest BCUT2D eigenvalue weighted by atomic mass is 14.3. The van der Waals surface area contributed by atoms with E-state index in [4.69, 9.17) is 0 Å². The third-order valence-electron chi connectivity index (χ3n) is 4.05. The fourth-order valence-corrected chi connectivity index (χ4v) is 3.14. The summed E-state index contributed by atoms with van der Waals surface area (Å²) in [5.41, 5.74) is 0. The van der Waals surface area contributed by atoms with Crippen molar-refractivity contribution >= 4 is 0 Å². The fraction of sp³-hybridized carbons (Fsp3) is 0.857. The van der Waals surface area contributed by atoms with Gasteiger partial charge in [0.25, 0.3) is 0 Å². The minimum atomic E-state index is 0.940. The summed E-state index contributed by atoms with van der Waals surface area (Å²) in [5, 5.41) is 0. The maximum atomic E-state index is 2.55. The molecule has 0 aromatic rings. The zero-order valence-electron chi connectivity index (χ0n) is 9.38. The number of allylic oxidation sites excluding steroid dienone is 2. The van der Waals surface area contributed by atoms with Gasteiger partial charge in [-0.2, -0.15) is 0 Å². The molecule has 14 heavy (non-hydrogen) atoms. The molecule has 0 heterocycles. The van der Waals surface area contributed by atoms with E-state index in [0.29, 0.717) is 0 Å². The monoisotopic (exact) mass is 192 g/mol. The maximum Gasteiger partial charge on any atom is -0.0205 e. The quantitative estimate of drug-likeness (QED) is 0.528. The van der Waals surface area contributed by atoms with Crippen molar-refractivity contribution in [3.63, 3.8) is 0 Å². The Bertz CT molecular complexity index is 174. The highest BCUT2D eigenvalue weighted by molar-refractivity contribution is 4.93. The molecule has 80 valence electrons. The van der Waals surface area contributed by atoms with Crippen LogP contribution in [-0.4, -0.2) is 0 Å². The van der Waals surface area contributed by atoms with Crippen LogP contribution in [0.15, 0.2) is 12.2 Å². The lowest BCUT2D eigenvalue weighted by atomic mass is 9.77.